The number of thiazole rings is 1. The Hall–Kier alpha value is -2.84. The Morgan fingerprint density at radius 1 is 1.14 bits per heavy atom. The van der Waals surface area contributed by atoms with Crippen molar-refractivity contribution in [1.82, 2.24) is 4.98 Å². The number of amides is 1. The summed E-state index contributed by atoms with van der Waals surface area (Å²) >= 11 is 4.46. The molecular weight excluding hydrogens is 447 g/mol. The molecule has 0 unspecified atom stereocenters. The zero-order valence-corrected chi connectivity index (χ0v) is 16.6. The number of ketones is 1. The molecule has 1 N–H and O–H groups in total. The first kappa shape index (κ1) is 18.5. The molecule has 2 heterocycles. The zero-order chi connectivity index (χ0) is 19.8. The van der Waals surface area contributed by atoms with Crippen LogP contribution >= 0.6 is 27.3 Å². The number of hydrogen-bond donors (Lipinski definition) is 1. The fourth-order valence-corrected chi connectivity index (χ4v) is 4.05. The Bertz CT molecular complexity index is 1100. The van der Waals surface area contributed by atoms with Gasteiger partial charge in [-0.2, -0.15) is 0 Å². The minimum absolute atomic E-state index is 0.107. The summed E-state index contributed by atoms with van der Waals surface area (Å²) in [5, 5.41) is 12.8. The zero-order valence-electron chi connectivity index (χ0n) is 14.2. The lowest BCUT2D eigenvalue weighted by atomic mass is 9.95. The van der Waals surface area contributed by atoms with Gasteiger partial charge in [-0.05, 0) is 18.2 Å². The lowest BCUT2D eigenvalue weighted by molar-refractivity contribution is -0.132. The molecule has 0 saturated carbocycles. The topological polar surface area (TPSA) is 70.5 Å². The number of hydrogen-bond acceptors (Lipinski definition) is 5. The maximum Gasteiger partial charge on any atom is 0.301 e. The van der Waals surface area contributed by atoms with Gasteiger partial charge < -0.3 is 5.11 Å². The molecule has 1 aromatic heterocycles. The Labute approximate surface area is 171 Å². The molecule has 1 saturated heterocycles. The molecule has 3 aromatic rings. The number of Topliss-reactive ketones (excluding diaryl/α,β-unsaturated/α-hetero) is 1. The molecule has 28 heavy (non-hydrogen) atoms. The second-order valence-electron chi connectivity index (χ2n) is 6.01. The number of nitrogens with zero attached hydrogens (tertiary/aromatic N) is 2. The average molecular weight is 459 g/mol. The number of halogens is 2. The molecular formula is C20H12BrFN2O3S. The van der Waals surface area contributed by atoms with Crippen LogP contribution in [0.3, 0.4) is 0 Å². The van der Waals surface area contributed by atoms with E-state index >= 15 is 0 Å². The normalized spacial score (nSPS) is 18.6. The van der Waals surface area contributed by atoms with Gasteiger partial charge in [-0.25, -0.2) is 9.37 Å². The number of aromatic nitrogens is 1. The van der Waals surface area contributed by atoms with E-state index in [1.54, 1.807) is 35.7 Å². The molecule has 8 heteroatoms. The molecule has 0 bridgehead atoms. The van der Waals surface area contributed by atoms with Crippen LogP contribution in [-0.4, -0.2) is 21.8 Å². The summed E-state index contributed by atoms with van der Waals surface area (Å²) in [4.78, 5) is 30.8. The summed E-state index contributed by atoms with van der Waals surface area (Å²) < 4.78 is 15.4. The maximum absolute atomic E-state index is 14.6. The van der Waals surface area contributed by atoms with E-state index in [-0.39, 0.29) is 22.0 Å². The standard InChI is InChI=1S/C20H12BrFN2O3S/c21-12-7-5-11(6-8-12)17(25)15-16(13-3-1-2-4-14(13)22)24(19(27)18(15)26)20-23-9-10-28-20/h1-10,16,25H/t16-/m1/s1. The third-order valence-electron chi connectivity index (χ3n) is 4.39. The Morgan fingerprint density at radius 3 is 2.50 bits per heavy atom. The number of carbonyl (C=O) groups excluding carboxylic acids is 2. The predicted octanol–water partition coefficient (Wildman–Crippen LogP) is 4.67. The van der Waals surface area contributed by atoms with Gasteiger partial charge >= 0.3 is 5.91 Å². The van der Waals surface area contributed by atoms with E-state index in [4.69, 9.17) is 0 Å². The monoisotopic (exact) mass is 458 g/mol. The fourth-order valence-electron chi connectivity index (χ4n) is 3.12. The Kier molecular flexibility index (Phi) is 4.82. The van der Waals surface area contributed by atoms with Crippen LogP contribution in [0.15, 0.2) is 70.2 Å². The van der Waals surface area contributed by atoms with Crippen LogP contribution < -0.4 is 4.90 Å². The van der Waals surface area contributed by atoms with Crippen molar-refractivity contribution in [3.63, 3.8) is 0 Å². The molecule has 1 fully saturated rings. The van der Waals surface area contributed by atoms with E-state index in [0.717, 1.165) is 20.7 Å². The fraction of sp³-hybridized carbons (Fsp3) is 0.0500. The Morgan fingerprint density at radius 2 is 1.86 bits per heavy atom. The molecule has 0 radical (unpaired) electrons. The van der Waals surface area contributed by atoms with Gasteiger partial charge in [-0.15, -0.1) is 11.3 Å². The van der Waals surface area contributed by atoms with E-state index in [9.17, 15) is 19.1 Å². The largest absolute Gasteiger partial charge is 0.507 e. The van der Waals surface area contributed by atoms with Crippen molar-refractivity contribution in [1.29, 1.82) is 0 Å². The summed E-state index contributed by atoms with van der Waals surface area (Å²) in [6, 6.07) is 11.4. The van der Waals surface area contributed by atoms with Gasteiger partial charge in [0.2, 0.25) is 0 Å². The SMILES string of the molecule is O=C1C(=O)N(c2nccs2)[C@H](c2ccccc2F)C1=C(O)c1ccc(Br)cc1. The summed E-state index contributed by atoms with van der Waals surface area (Å²) in [5.74, 6) is -2.69. The summed E-state index contributed by atoms with van der Waals surface area (Å²) in [6.07, 6.45) is 1.49. The minimum Gasteiger partial charge on any atom is -0.507 e. The van der Waals surface area contributed by atoms with Crippen LogP contribution in [0.5, 0.6) is 0 Å². The first-order valence-corrected chi connectivity index (χ1v) is 9.87. The van der Waals surface area contributed by atoms with Crippen LogP contribution in [0.1, 0.15) is 17.2 Å². The third kappa shape index (κ3) is 3.04. The summed E-state index contributed by atoms with van der Waals surface area (Å²) in [5.41, 5.74) is 0.282. The lowest BCUT2D eigenvalue weighted by Crippen LogP contribution is -2.29. The number of aliphatic hydroxyl groups is 1. The first-order chi connectivity index (χ1) is 13.5. The van der Waals surface area contributed by atoms with E-state index in [2.05, 4.69) is 20.9 Å². The van der Waals surface area contributed by atoms with Gasteiger partial charge in [0.05, 0.1) is 5.57 Å². The molecule has 4 rings (SSSR count). The van der Waals surface area contributed by atoms with Crippen molar-refractivity contribution in [3.05, 3.63) is 87.1 Å². The molecule has 0 spiro atoms. The molecule has 2 aromatic carbocycles. The van der Waals surface area contributed by atoms with Crippen LogP contribution in [0, 0.1) is 5.82 Å². The molecule has 1 aliphatic rings. The van der Waals surface area contributed by atoms with Gasteiger partial charge in [0.15, 0.2) is 5.13 Å². The predicted molar refractivity (Wildman–Crippen MR) is 107 cm³/mol. The van der Waals surface area contributed by atoms with Crippen molar-refractivity contribution >= 4 is 49.8 Å². The van der Waals surface area contributed by atoms with Crippen molar-refractivity contribution in [2.45, 2.75) is 6.04 Å². The number of rotatable bonds is 3. The molecule has 1 amide bonds. The second-order valence-corrected chi connectivity index (χ2v) is 7.80. The van der Waals surface area contributed by atoms with E-state index in [1.165, 1.54) is 24.4 Å². The number of aliphatic hydroxyl groups excluding tert-OH is 1. The van der Waals surface area contributed by atoms with Crippen molar-refractivity contribution in [2.75, 3.05) is 4.90 Å². The average Bonchev–Trinajstić information content (AvgIpc) is 3.30. The number of carbonyl (C=O) groups is 2. The second kappa shape index (κ2) is 7.29. The smallest absolute Gasteiger partial charge is 0.301 e. The highest BCUT2D eigenvalue weighted by molar-refractivity contribution is 9.10. The summed E-state index contributed by atoms with van der Waals surface area (Å²) in [6.45, 7) is 0. The molecule has 0 aliphatic carbocycles. The summed E-state index contributed by atoms with van der Waals surface area (Å²) in [7, 11) is 0. The highest BCUT2D eigenvalue weighted by Crippen LogP contribution is 2.43. The maximum atomic E-state index is 14.6. The number of benzene rings is 2. The van der Waals surface area contributed by atoms with Gasteiger partial charge in [0.1, 0.15) is 17.6 Å². The molecule has 1 atom stereocenters. The highest BCUT2D eigenvalue weighted by Gasteiger charge is 2.48. The third-order valence-corrected chi connectivity index (χ3v) is 5.69. The van der Waals surface area contributed by atoms with Crippen molar-refractivity contribution in [2.24, 2.45) is 0 Å². The van der Waals surface area contributed by atoms with E-state index in [0.29, 0.717) is 5.56 Å². The van der Waals surface area contributed by atoms with Gasteiger partial charge in [-0.3, -0.25) is 14.5 Å². The lowest BCUT2D eigenvalue weighted by Gasteiger charge is -2.23. The Balaban J connectivity index is 1.96. The van der Waals surface area contributed by atoms with Crippen LogP contribution in [0.25, 0.3) is 5.76 Å². The van der Waals surface area contributed by atoms with Gasteiger partial charge in [-0.1, -0.05) is 46.3 Å². The van der Waals surface area contributed by atoms with Gasteiger partial charge in [0.25, 0.3) is 5.78 Å². The highest BCUT2D eigenvalue weighted by atomic mass is 79.9. The quantitative estimate of drug-likeness (QED) is 0.351. The van der Waals surface area contributed by atoms with E-state index < -0.39 is 23.5 Å². The molecule has 5 nitrogen and oxygen atoms in total. The molecule has 140 valence electrons. The van der Waals surface area contributed by atoms with Crippen LogP contribution in [-0.2, 0) is 9.59 Å². The number of anilines is 1. The van der Waals surface area contributed by atoms with Crippen molar-refractivity contribution < 1.29 is 19.1 Å². The van der Waals surface area contributed by atoms with Crippen LogP contribution in [0.2, 0.25) is 0 Å². The van der Waals surface area contributed by atoms with E-state index in [1.807, 2.05) is 0 Å². The van der Waals surface area contributed by atoms with Crippen molar-refractivity contribution in [3.8, 4) is 0 Å². The first-order valence-electron chi connectivity index (χ1n) is 8.20. The minimum atomic E-state index is -1.11. The molecule has 1 aliphatic heterocycles. The van der Waals surface area contributed by atoms with Gasteiger partial charge in [0, 0.05) is 27.2 Å². The van der Waals surface area contributed by atoms with Crippen LogP contribution in [0.4, 0.5) is 9.52 Å².